The molecule has 1 aliphatic rings. The van der Waals surface area contributed by atoms with Crippen molar-refractivity contribution in [1.29, 1.82) is 0 Å². The predicted molar refractivity (Wildman–Crippen MR) is 119 cm³/mol. The highest BCUT2D eigenvalue weighted by Crippen LogP contribution is 2.37. The number of carbonyl (C=O) groups is 1. The SMILES string of the molecule is CC(C)(C)c1c(NCc2ccc(F)cc2)nc(S(C)(=O)=O)nc1N1CCN(C(=O)O)CC1. The second kappa shape index (κ2) is 8.89. The van der Waals surface area contributed by atoms with Crippen molar-refractivity contribution in [3.63, 3.8) is 0 Å². The Bertz CT molecular complexity index is 1090. The molecule has 2 heterocycles. The van der Waals surface area contributed by atoms with E-state index in [1.807, 2.05) is 25.7 Å². The Labute approximate surface area is 187 Å². The highest BCUT2D eigenvalue weighted by molar-refractivity contribution is 7.90. The molecule has 0 radical (unpaired) electrons. The molecule has 1 aliphatic heterocycles. The number of aromatic nitrogens is 2. The van der Waals surface area contributed by atoms with Gasteiger partial charge in [-0.25, -0.2) is 27.6 Å². The van der Waals surface area contributed by atoms with E-state index in [1.54, 1.807) is 12.1 Å². The van der Waals surface area contributed by atoms with Crippen LogP contribution in [0.5, 0.6) is 0 Å². The van der Waals surface area contributed by atoms with E-state index >= 15 is 0 Å². The van der Waals surface area contributed by atoms with E-state index in [1.165, 1.54) is 17.0 Å². The van der Waals surface area contributed by atoms with Crippen LogP contribution in [0.15, 0.2) is 29.4 Å². The van der Waals surface area contributed by atoms with Gasteiger partial charge in [0, 0.05) is 44.5 Å². The van der Waals surface area contributed by atoms with Gasteiger partial charge in [0.25, 0.3) is 5.16 Å². The van der Waals surface area contributed by atoms with Crippen molar-refractivity contribution in [3.05, 3.63) is 41.2 Å². The number of amides is 1. The maximum atomic E-state index is 13.2. The number of hydrogen-bond acceptors (Lipinski definition) is 7. The van der Waals surface area contributed by atoms with E-state index in [0.717, 1.165) is 17.4 Å². The van der Waals surface area contributed by atoms with Crippen molar-refractivity contribution in [3.8, 4) is 0 Å². The normalized spacial score (nSPS) is 15.0. The quantitative estimate of drug-likeness (QED) is 0.648. The van der Waals surface area contributed by atoms with Crippen LogP contribution in [-0.2, 0) is 21.8 Å². The monoisotopic (exact) mass is 465 g/mol. The molecule has 3 rings (SSSR count). The highest BCUT2D eigenvalue weighted by atomic mass is 32.2. The van der Waals surface area contributed by atoms with Crippen LogP contribution in [0.4, 0.5) is 20.8 Å². The largest absolute Gasteiger partial charge is 0.465 e. The first-order chi connectivity index (χ1) is 14.9. The fourth-order valence-electron chi connectivity index (χ4n) is 3.54. The summed E-state index contributed by atoms with van der Waals surface area (Å²) in [6.07, 6.45) is 0.0662. The van der Waals surface area contributed by atoms with Crippen molar-refractivity contribution in [2.24, 2.45) is 0 Å². The zero-order valence-corrected chi connectivity index (χ0v) is 19.4. The zero-order chi connectivity index (χ0) is 23.7. The van der Waals surface area contributed by atoms with E-state index in [0.29, 0.717) is 31.3 Å². The predicted octanol–water partition coefficient (Wildman–Crippen LogP) is 2.73. The second-order valence-corrected chi connectivity index (χ2v) is 10.7. The van der Waals surface area contributed by atoms with Gasteiger partial charge in [0.1, 0.15) is 17.5 Å². The average molecular weight is 466 g/mol. The number of nitrogens with one attached hydrogen (secondary N) is 1. The minimum Gasteiger partial charge on any atom is -0.465 e. The Morgan fingerprint density at radius 3 is 2.22 bits per heavy atom. The van der Waals surface area contributed by atoms with Crippen LogP contribution in [-0.4, -0.2) is 66.9 Å². The van der Waals surface area contributed by atoms with E-state index < -0.39 is 21.3 Å². The molecule has 2 N–H and O–H groups in total. The summed E-state index contributed by atoms with van der Waals surface area (Å²) in [5, 5.41) is 12.1. The third-order valence-electron chi connectivity index (χ3n) is 5.17. The Hall–Kier alpha value is -2.95. The van der Waals surface area contributed by atoms with Crippen LogP contribution in [0.25, 0.3) is 0 Å². The number of sulfone groups is 1. The molecule has 11 heteroatoms. The first kappa shape index (κ1) is 23.7. The molecule has 174 valence electrons. The summed E-state index contributed by atoms with van der Waals surface area (Å²) in [7, 11) is -3.70. The molecule has 0 atom stereocenters. The Morgan fingerprint density at radius 1 is 1.12 bits per heavy atom. The Kier molecular flexibility index (Phi) is 6.59. The summed E-state index contributed by atoms with van der Waals surface area (Å²) in [5.74, 6) is 0.515. The summed E-state index contributed by atoms with van der Waals surface area (Å²) in [6, 6.07) is 6.00. The van der Waals surface area contributed by atoms with Gasteiger partial charge in [-0.3, -0.25) is 0 Å². The van der Waals surface area contributed by atoms with Crippen LogP contribution < -0.4 is 10.2 Å². The molecule has 32 heavy (non-hydrogen) atoms. The molecule has 1 saturated heterocycles. The number of piperazine rings is 1. The van der Waals surface area contributed by atoms with Crippen LogP contribution in [0.3, 0.4) is 0 Å². The second-order valence-electron chi connectivity index (χ2n) is 8.81. The fourth-order valence-corrected chi connectivity index (χ4v) is 4.05. The smallest absolute Gasteiger partial charge is 0.407 e. The fraction of sp³-hybridized carbons (Fsp3) is 0.476. The number of rotatable bonds is 5. The summed E-state index contributed by atoms with van der Waals surface area (Å²) in [6.45, 7) is 7.59. The number of anilines is 2. The van der Waals surface area contributed by atoms with Gasteiger partial charge in [-0.2, -0.15) is 0 Å². The molecule has 1 amide bonds. The third kappa shape index (κ3) is 5.45. The first-order valence-electron chi connectivity index (χ1n) is 10.2. The van der Waals surface area contributed by atoms with Crippen molar-refractivity contribution in [2.45, 2.75) is 37.9 Å². The van der Waals surface area contributed by atoms with Gasteiger partial charge in [-0.1, -0.05) is 32.9 Å². The molecular weight excluding hydrogens is 437 g/mol. The Morgan fingerprint density at radius 2 is 1.72 bits per heavy atom. The van der Waals surface area contributed by atoms with Gasteiger partial charge in [-0.05, 0) is 23.1 Å². The van der Waals surface area contributed by atoms with Gasteiger partial charge in [0.05, 0.1) is 0 Å². The molecule has 0 unspecified atom stereocenters. The van der Waals surface area contributed by atoms with Gasteiger partial charge in [0.2, 0.25) is 9.84 Å². The molecule has 2 aromatic rings. The summed E-state index contributed by atoms with van der Waals surface area (Å²) in [4.78, 5) is 23.2. The molecule has 1 aromatic carbocycles. The number of halogens is 1. The zero-order valence-electron chi connectivity index (χ0n) is 18.6. The van der Waals surface area contributed by atoms with Crippen molar-refractivity contribution >= 4 is 27.6 Å². The maximum absolute atomic E-state index is 13.2. The number of hydrogen-bond donors (Lipinski definition) is 2. The third-order valence-corrected chi connectivity index (χ3v) is 6.02. The molecule has 1 fully saturated rings. The van der Waals surface area contributed by atoms with Crippen LogP contribution in [0, 0.1) is 5.82 Å². The van der Waals surface area contributed by atoms with Crippen molar-refractivity contribution in [2.75, 3.05) is 42.7 Å². The van der Waals surface area contributed by atoms with E-state index in [4.69, 9.17) is 0 Å². The average Bonchev–Trinajstić information content (AvgIpc) is 2.71. The molecule has 0 spiro atoms. The van der Waals surface area contributed by atoms with Gasteiger partial charge >= 0.3 is 6.09 Å². The van der Waals surface area contributed by atoms with Gasteiger partial charge in [-0.15, -0.1) is 0 Å². The first-order valence-corrected chi connectivity index (χ1v) is 12.1. The molecule has 0 aliphatic carbocycles. The minimum absolute atomic E-state index is 0.287. The summed E-state index contributed by atoms with van der Waals surface area (Å²) < 4.78 is 37.9. The molecule has 0 saturated carbocycles. The van der Waals surface area contributed by atoms with E-state index in [9.17, 15) is 22.7 Å². The van der Waals surface area contributed by atoms with Crippen LogP contribution >= 0.6 is 0 Å². The lowest BCUT2D eigenvalue weighted by Crippen LogP contribution is -2.49. The van der Waals surface area contributed by atoms with Crippen LogP contribution in [0.1, 0.15) is 31.9 Å². The minimum atomic E-state index is -3.70. The molecule has 9 nitrogen and oxygen atoms in total. The standard InChI is InChI=1S/C21H28FN5O4S/c1-21(2,3)16-17(23-13-14-5-7-15(22)8-6-14)24-19(32(4,30)31)25-18(16)26-9-11-27(12-10-26)20(28)29/h5-8H,9-13H2,1-4H3,(H,28,29)(H,23,24,25). The lowest BCUT2D eigenvalue weighted by Gasteiger charge is -2.37. The number of nitrogens with zero attached hydrogens (tertiary/aromatic N) is 4. The number of carboxylic acid groups (broad SMARTS) is 1. The summed E-state index contributed by atoms with van der Waals surface area (Å²) in [5.41, 5.74) is 1.10. The maximum Gasteiger partial charge on any atom is 0.407 e. The Balaban J connectivity index is 2.05. The lowest BCUT2D eigenvalue weighted by molar-refractivity contribution is 0.142. The van der Waals surface area contributed by atoms with E-state index in [2.05, 4.69) is 15.3 Å². The molecule has 0 bridgehead atoms. The van der Waals surface area contributed by atoms with Gasteiger partial charge < -0.3 is 20.2 Å². The lowest BCUT2D eigenvalue weighted by atomic mass is 9.86. The highest BCUT2D eigenvalue weighted by Gasteiger charge is 2.32. The molecular formula is C21H28FN5O4S. The van der Waals surface area contributed by atoms with Crippen molar-refractivity contribution < 1.29 is 22.7 Å². The molecule has 1 aromatic heterocycles. The van der Waals surface area contributed by atoms with Gasteiger partial charge in [0.15, 0.2) is 0 Å². The van der Waals surface area contributed by atoms with Crippen LogP contribution in [0.2, 0.25) is 0 Å². The topological polar surface area (TPSA) is 116 Å². The van der Waals surface area contributed by atoms with Crippen molar-refractivity contribution in [1.82, 2.24) is 14.9 Å². The van der Waals surface area contributed by atoms with E-state index in [-0.39, 0.29) is 24.1 Å². The summed E-state index contributed by atoms with van der Waals surface area (Å²) >= 11 is 0. The number of benzene rings is 1.